The second kappa shape index (κ2) is 7.45. The first-order valence-electron chi connectivity index (χ1n) is 6.62. The van der Waals surface area contributed by atoms with Crippen molar-refractivity contribution < 1.29 is 22.1 Å². The molecule has 0 heterocycles. The molecule has 2 aromatic carbocycles. The first kappa shape index (κ1) is 16.5. The van der Waals surface area contributed by atoms with Crippen LogP contribution in [0, 0.1) is 5.82 Å². The number of hydrogen-bond acceptors (Lipinski definition) is 2. The lowest BCUT2D eigenvalue weighted by atomic mass is 10.2. The van der Waals surface area contributed by atoms with Gasteiger partial charge in [0, 0.05) is 16.6 Å². The highest BCUT2D eigenvalue weighted by molar-refractivity contribution is 7.84. The largest absolute Gasteiger partial charge is 0.435 e. The van der Waals surface area contributed by atoms with Gasteiger partial charge in [-0.05, 0) is 42.3 Å². The topological polar surface area (TPSA) is 26.3 Å². The van der Waals surface area contributed by atoms with Crippen LogP contribution in [-0.4, -0.2) is 10.8 Å². The van der Waals surface area contributed by atoms with E-state index in [1.165, 1.54) is 24.3 Å². The van der Waals surface area contributed by atoms with Crippen molar-refractivity contribution >= 4 is 10.8 Å². The van der Waals surface area contributed by atoms with Gasteiger partial charge in [0.2, 0.25) is 0 Å². The zero-order valence-corrected chi connectivity index (χ0v) is 12.7. The fourth-order valence-corrected chi connectivity index (χ4v) is 3.21. The van der Waals surface area contributed by atoms with Crippen LogP contribution in [0.4, 0.5) is 13.2 Å². The van der Waals surface area contributed by atoms with Crippen molar-refractivity contribution in [3.8, 4) is 5.75 Å². The molecule has 0 radical (unpaired) electrons. The maximum absolute atomic E-state index is 12.9. The predicted octanol–water partition coefficient (Wildman–Crippen LogP) is 4.44. The molecule has 0 spiro atoms. The SMILES string of the molecule is C[C@H](c1ccc(F)cc1)[S@](=O)Cc1cccc(OC(F)F)c1. The van der Waals surface area contributed by atoms with Crippen LogP contribution in [0.25, 0.3) is 0 Å². The van der Waals surface area contributed by atoms with Crippen LogP contribution >= 0.6 is 0 Å². The van der Waals surface area contributed by atoms with Crippen molar-refractivity contribution in [1.29, 1.82) is 0 Å². The van der Waals surface area contributed by atoms with Gasteiger partial charge in [0.25, 0.3) is 0 Å². The van der Waals surface area contributed by atoms with E-state index in [0.717, 1.165) is 5.56 Å². The molecule has 0 fully saturated rings. The minimum absolute atomic E-state index is 0.0407. The summed E-state index contributed by atoms with van der Waals surface area (Å²) in [5, 5.41) is -0.291. The molecule has 2 aromatic rings. The molecule has 0 amide bonds. The summed E-state index contributed by atoms with van der Waals surface area (Å²) in [6.45, 7) is -1.11. The lowest BCUT2D eigenvalue weighted by Crippen LogP contribution is -2.06. The quantitative estimate of drug-likeness (QED) is 0.784. The Labute approximate surface area is 129 Å². The van der Waals surface area contributed by atoms with Crippen LogP contribution in [0.2, 0.25) is 0 Å². The first-order chi connectivity index (χ1) is 10.5. The van der Waals surface area contributed by atoms with Gasteiger partial charge in [0.15, 0.2) is 0 Å². The molecule has 6 heteroatoms. The summed E-state index contributed by atoms with van der Waals surface area (Å²) < 4.78 is 53.9. The van der Waals surface area contributed by atoms with Crippen molar-refractivity contribution in [3.05, 3.63) is 65.5 Å². The Hall–Kier alpha value is -1.82. The summed E-state index contributed by atoms with van der Waals surface area (Å²) in [7, 11) is -1.26. The standard InChI is InChI=1S/C16H15F3O2S/c1-11(13-5-7-14(17)8-6-13)22(20)10-12-3-2-4-15(9-12)21-16(18)19/h2-9,11,16H,10H2,1H3/t11-,22-/m1/s1. The fraction of sp³-hybridized carbons (Fsp3) is 0.250. The van der Waals surface area contributed by atoms with Crippen LogP contribution in [0.15, 0.2) is 48.5 Å². The molecule has 0 aliphatic rings. The van der Waals surface area contributed by atoms with Crippen LogP contribution in [-0.2, 0) is 16.6 Å². The smallest absolute Gasteiger partial charge is 0.387 e. The Morgan fingerprint density at radius 2 is 1.82 bits per heavy atom. The molecule has 2 rings (SSSR count). The lowest BCUT2D eigenvalue weighted by molar-refractivity contribution is -0.0498. The van der Waals surface area contributed by atoms with Gasteiger partial charge in [-0.25, -0.2) is 4.39 Å². The van der Waals surface area contributed by atoms with Crippen LogP contribution in [0.1, 0.15) is 23.3 Å². The van der Waals surface area contributed by atoms with Gasteiger partial charge in [0.1, 0.15) is 11.6 Å². The molecule has 0 unspecified atom stereocenters. The number of benzene rings is 2. The maximum atomic E-state index is 12.9. The molecule has 22 heavy (non-hydrogen) atoms. The van der Waals surface area contributed by atoms with Crippen molar-refractivity contribution in [2.24, 2.45) is 0 Å². The monoisotopic (exact) mass is 328 g/mol. The lowest BCUT2D eigenvalue weighted by Gasteiger charge is -2.12. The molecule has 118 valence electrons. The van der Waals surface area contributed by atoms with Gasteiger partial charge >= 0.3 is 6.61 Å². The Morgan fingerprint density at radius 1 is 1.14 bits per heavy atom. The zero-order valence-electron chi connectivity index (χ0n) is 11.8. The Bertz CT molecular complexity index is 644. The third-order valence-corrected chi connectivity index (χ3v) is 4.84. The molecule has 0 bridgehead atoms. The van der Waals surface area contributed by atoms with Crippen molar-refractivity contribution in [1.82, 2.24) is 0 Å². The van der Waals surface area contributed by atoms with Crippen LogP contribution in [0.3, 0.4) is 0 Å². The molecule has 2 nitrogen and oxygen atoms in total. The summed E-state index contributed by atoms with van der Waals surface area (Å²) in [4.78, 5) is 0. The average Bonchev–Trinajstić information content (AvgIpc) is 2.47. The molecule has 0 saturated carbocycles. The number of halogens is 3. The minimum Gasteiger partial charge on any atom is -0.435 e. The molecule has 2 atom stereocenters. The van der Waals surface area contributed by atoms with E-state index in [9.17, 15) is 17.4 Å². The van der Waals surface area contributed by atoms with E-state index < -0.39 is 17.4 Å². The minimum atomic E-state index is -2.89. The third kappa shape index (κ3) is 4.59. The van der Waals surface area contributed by atoms with E-state index >= 15 is 0 Å². The van der Waals surface area contributed by atoms with E-state index in [2.05, 4.69) is 4.74 Å². The van der Waals surface area contributed by atoms with Crippen LogP contribution in [0.5, 0.6) is 5.75 Å². The van der Waals surface area contributed by atoms with E-state index in [-0.39, 0.29) is 22.6 Å². The molecule has 0 aliphatic heterocycles. The van der Waals surface area contributed by atoms with Gasteiger partial charge < -0.3 is 4.74 Å². The Kier molecular flexibility index (Phi) is 5.60. The van der Waals surface area contributed by atoms with E-state index in [1.807, 2.05) is 0 Å². The summed E-state index contributed by atoms with van der Waals surface area (Å²) in [6, 6.07) is 12.0. The molecular weight excluding hydrogens is 313 g/mol. The first-order valence-corrected chi connectivity index (χ1v) is 8.00. The van der Waals surface area contributed by atoms with Crippen molar-refractivity contribution in [2.45, 2.75) is 24.5 Å². The van der Waals surface area contributed by atoms with Gasteiger partial charge in [-0.1, -0.05) is 24.3 Å². The highest BCUT2D eigenvalue weighted by atomic mass is 32.2. The van der Waals surface area contributed by atoms with E-state index in [0.29, 0.717) is 5.56 Å². The second-order valence-electron chi connectivity index (χ2n) is 4.74. The maximum Gasteiger partial charge on any atom is 0.387 e. The normalized spacial score (nSPS) is 13.9. The fourth-order valence-electron chi connectivity index (χ4n) is 1.99. The summed E-state index contributed by atoms with van der Waals surface area (Å²) in [5.41, 5.74) is 1.41. The second-order valence-corrected chi connectivity index (χ2v) is 6.50. The molecule has 0 aliphatic carbocycles. The zero-order chi connectivity index (χ0) is 16.1. The molecule has 0 aromatic heterocycles. The number of ether oxygens (including phenoxy) is 1. The highest BCUT2D eigenvalue weighted by Gasteiger charge is 2.15. The van der Waals surface area contributed by atoms with Gasteiger partial charge in [-0.2, -0.15) is 8.78 Å². The van der Waals surface area contributed by atoms with E-state index in [1.54, 1.807) is 31.2 Å². The predicted molar refractivity (Wildman–Crippen MR) is 79.7 cm³/mol. The summed E-state index contributed by atoms with van der Waals surface area (Å²) in [5.74, 6) is -0.101. The van der Waals surface area contributed by atoms with Gasteiger partial charge in [0.05, 0.1) is 5.25 Å². The molecular formula is C16H15F3O2S. The Balaban J connectivity index is 2.06. The number of rotatable bonds is 6. The Morgan fingerprint density at radius 3 is 2.45 bits per heavy atom. The molecule has 0 N–H and O–H groups in total. The highest BCUT2D eigenvalue weighted by Crippen LogP contribution is 2.24. The average molecular weight is 328 g/mol. The summed E-state index contributed by atoms with van der Waals surface area (Å²) in [6.07, 6.45) is 0. The van der Waals surface area contributed by atoms with E-state index in [4.69, 9.17) is 0 Å². The van der Waals surface area contributed by atoms with Crippen molar-refractivity contribution in [3.63, 3.8) is 0 Å². The number of alkyl halides is 2. The third-order valence-electron chi connectivity index (χ3n) is 3.17. The molecule has 0 saturated heterocycles. The van der Waals surface area contributed by atoms with Crippen molar-refractivity contribution in [2.75, 3.05) is 0 Å². The van der Waals surface area contributed by atoms with Crippen LogP contribution < -0.4 is 4.74 Å². The van der Waals surface area contributed by atoms with Gasteiger partial charge in [-0.3, -0.25) is 4.21 Å². The van der Waals surface area contributed by atoms with Gasteiger partial charge in [-0.15, -0.1) is 0 Å². The summed E-state index contributed by atoms with van der Waals surface area (Å²) >= 11 is 0. The number of hydrogen-bond donors (Lipinski definition) is 0.